The second-order valence-corrected chi connectivity index (χ2v) is 5.23. The minimum absolute atomic E-state index is 0.388. The summed E-state index contributed by atoms with van der Waals surface area (Å²) in [4.78, 5) is 4.52. The van der Waals surface area contributed by atoms with Crippen LogP contribution in [0, 0.1) is 20.8 Å². The van der Waals surface area contributed by atoms with E-state index in [4.69, 9.17) is 0 Å². The molecule has 0 saturated heterocycles. The second kappa shape index (κ2) is 4.16. The Labute approximate surface area is 108 Å². The van der Waals surface area contributed by atoms with Gasteiger partial charge in [-0.25, -0.2) is 4.98 Å². The summed E-state index contributed by atoms with van der Waals surface area (Å²) in [6, 6.07) is 7.11. The summed E-state index contributed by atoms with van der Waals surface area (Å²) in [6.07, 6.45) is 3.23. The van der Waals surface area contributed by atoms with Crippen LogP contribution in [0.25, 0.3) is 0 Å². The lowest BCUT2D eigenvalue weighted by atomic mass is 9.98. The van der Waals surface area contributed by atoms with Gasteiger partial charge in [0.1, 0.15) is 0 Å². The quantitative estimate of drug-likeness (QED) is 0.829. The highest BCUT2D eigenvalue weighted by molar-refractivity contribution is 5.39. The lowest BCUT2D eigenvalue weighted by Gasteiger charge is -2.26. The van der Waals surface area contributed by atoms with E-state index >= 15 is 0 Å². The van der Waals surface area contributed by atoms with Gasteiger partial charge in [0.2, 0.25) is 5.95 Å². The summed E-state index contributed by atoms with van der Waals surface area (Å²) in [7, 11) is 0. The lowest BCUT2D eigenvalue weighted by molar-refractivity contribution is 0.542. The summed E-state index contributed by atoms with van der Waals surface area (Å²) in [5, 5.41) is 3.53. The van der Waals surface area contributed by atoms with E-state index in [0.29, 0.717) is 6.04 Å². The Morgan fingerprint density at radius 1 is 1.22 bits per heavy atom. The maximum atomic E-state index is 4.52. The maximum absolute atomic E-state index is 4.52. The number of aromatic nitrogens is 2. The molecule has 1 unspecified atom stereocenters. The average Bonchev–Trinajstić information content (AvgIpc) is 2.71. The van der Waals surface area contributed by atoms with Gasteiger partial charge in [-0.2, -0.15) is 0 Å². The average molecular weight is 241 g/mol. The number of imidazole rings is 1. The number of fused-ring (bicyclic) bond motifs is 1. The van der Waals surface area contributed by atoms with E-state index in [2.05, 4.69) is 53.1 Å². The van der Waals surface area contributed by atoms with E-state index in [1.165, 1.54) is 16.7 Å². The van der Waals surface area contributed by atoms with Crippen LogP contribution >= 0.6 is 0 Å². The van der Waals surface area contributed by atoms with E-state index in [1.54, 1.807) is 0 Å². The van der Waals surface area contributed by atoms with Crippen molar-refractivity contribution in [2.24, 2.45) is 0 Å². The Morgan fingerprint density at radius 3 is 2.83 bits per heavy atom. The van der Waals surface area contributed by atoms with Crippen molar-refractivity contribution < 1.29 is 0 Å². The Balaban J connectivity index is 1.89. The van der Waals surface area contributed by atoms with E-state index in [0.717, 1.165) is 24.6 Å². The Hall–Kier alpha value is -1.77. The highest BCUT2D eigenvalue weighted by Gasteiger charge is 2.20. The zero-order valence-electron chi connectivity index (χ0n) is 11.2. The fourth-order valence-electron chi connectivity index (χ4n) is 2.56. The van der Waals surface area contributed by atoms with Crippen LogP contribution in [0.3, 0.4) is 0 Å². The summed E-state index contributed by atoms with van der Waals surface area (Å²) < 4.78 is 2.20. The predicted molar refractivity (Wildman–Crippen MR) is 73.9 cm³/mol. The molecular formula is C15H19N3. The fourth-order valence-corrected chi connectivity index (χ4v) is 2.56. The largest absolute Gasteiger partial charge is 0.349 e. The fraction of sp³-hybridized carbons (Fsp3) is 0.400. The molecule has 1 aromatic carbocycles. The first-order chi connectivity index (χ1) is 8.63. The molecule has 18 heavy (non-hydrogen) atoms. The molecule has 3 nitrogen and oxygen atoms in total. The monoisotopic (exact) mass is 241 g/mol. The molecule has 1 aliphatic rings. The van der Waals surface area contributed by atoms with Gasteiger partial charge >= 0.3 is 0 Å². The molecule has 94 valence electrons. The van der Waals surface area contributed by atoms with Crippen molar-refractivity contribution in [3.05, 3.63) is 46.8 Å². The third-order valence-electron chi connectivity index (χ3n) is 3.79. The molecule has 1 aromatic heterocycles. The maximum Gasteiger partial charge on any atom is 0.203 e. The molecule has 0 spiro atoms. The van der Waals surface area contributed by atoms with Crippen molar-refractivity contribution in [2.45, 2.75) is 39.8 Å². The van der Waals surface area contributed by atoms with E-state index in [-0.39, 0.29) is 0 Å². The summed E-state index contributed by atoms with van der Waals surface area (Å²) in [5.74, 6) is 1.00. The molecule has 2 aromatic rings. The van der Waals surface area contributed by atoms with E-state index < -0.39 is 0 Å². The lowest BCUT2D eigenvalue weighted by Crippen LogP contribution is -2.22. The number of nitrogens with one attached hydrogen (secondary N) is 1. The predicted octanol–water partition coefficient (Wildman–Crippen LogP) is 3.37. The van der Waals surface area contributed by atoms with Gasteiger partial charge in [0.05, 0.1) is 11.7 Å². The highest BCUT2D eigenvalue weighted by atomic mass is 15.2. The van der Waals surface area contributed by atoms with Gasteiger partial charge in [-0.15, -0.1) is 0 Å². The number of rotatable bonds is 1. The molecule has 1 N–H and O–H groups in total. The van der Waals surface area contributed by atoms with E-state index in [1.807, 2.05) is 6.92 Å². The molecule has 3 rings (SSSR count). The molecule has 0 aliphatic carbocycles. The smallest absolute Gasteiger partial charge is 0.203 e. The summed E-state index contributed by atoms with van der Waals surface area (Å²) in [6.45, 7) is 7.41. The van der Waals surface area contributed by atoms with Crippen LogP contribution in [0.5, 0.6) is 0 Å². The second-order valence-electron chi connectivity index (χ2n) is 5.23. The summed E-state index contributed by atoms with van der Waals surface area (Å²) in [5.41, 5.74) is 5.16. The highest BCUT2D eigenvalue weighted by Crippen LogP contribution is 2.29. The molecule has 0 fully saturated rings. The standard InChI is InChI=1S/C15H19N3/c1-10-4-5-13(8-11(10)2)14-6-7-18-9-12(3)16-15(18)17-14/h4-5,8-9,14H,6-7H2,1-3H3,(H,16,17). The van der Waals surface area contributed by atoms with Crippen molar-refractivity contribution >= 4 is 5.95 Å². The molecule has 1 atom stereocenters. The van der Waals surface area contributed by atoms with Crippen LogP contribution in [-0.4, -0.2) is 9.55 Å². The Morgan fingerprint density at radius 2 is 2.06 bits per heavy atom. The molecule has 0 saturated carbocycles. The number of anilines is 1. The zero-order valence-corrected chi connectivity index (χ0v) is 11.2. The molecule has 0 bridgehead atoms. The van der Waals surface area contributed by atoms with Gasteiger partial charge in [0, 0.05) is 12.7 Å². The van der Waals surface area contributed by atoms with Crippen molar-refractivity contribution in [2.75, 3.05) is 5.32 Å². The van der Waals surface area contributed by atoms with Gasteiger partial charge < -0.3 is 9.88 Å². The zero-order chi connectivity index (χ0) is 12.7. The van der Waals surface area contributed by atoms with Crippen LogP contribution in [0.4, 0.5) is 5.95 Å². The molecular weight excluding hydrogens is 222 g/mol. The number of benzene rings is 1. The first-order valence-electron chi connectivity index (χ1n) is 6.51. The van der Waals surface area contributed by atoms with Gasteiger partial charge in [0.25, 0.3) is 0 Å². The topological polar surface area (TPSA) is 29.9 Å². The number of nitrogens with zero attached hydrogens (tertiary/aromatic N) is 2. The molecule has 0 radical (unpaired) electrons. The van der Waals surface area contributed by atoms with Crippen LogP contribution in [0.15, 0.2) is 24.4 Å². The van der Waals surface area contributed by atoms with Gasteiger partial charge in [-0.1, -0.05) is 18.2 Å². The molecule has 2 heterocycles. The van der Waals surface area contributed by atoms with Crippen molar-refractivity contribution in [1.82, 2.24) is 9.55 Å². The van der Waals surface area contributed by atoms with Crippen LogP contribution in [0.2, 0.25) is 0 Å². The third kappa shape index (κ3) is 1.90. The molecule has 0 amide bonds. The van der Waals surface area contributed by atoms with Gasteiger partial charge in [-0.05, 0) is 43.9 Å². The van der Waals surface area contributed by atoms with Crippen molar-refractivity contribution in [3.63, 3.8) is 0 Å². The number of hydrogen-bond donors (Lipinski definition) is 1. The van der Waals surface area contributed by atoms with E-state index in [9.17, 15) is 0 Å². The molecule has 3 heteroatoms. The first kappa shape index (κ1) is 11.3. The minimum atomic E-state index is 0.388. The van der Waals surface area contributed by atoms with Crippen LogP contribution in [0.1, 0.15) is 34.8 Å². The first-order valence-corrected chi connectivity index (χ1v) is 6.51. The SMILES string of the molecule is Cc1cn2c(n1)NC(c1ccc(C)c(C)c1)CC2. The van der Waals surface area contributed by atoms with Crippen LogP contribution in [-0.2, 0) is 6.54 Å². The van der Waals surface area contributed by atoms with Crippen molar-refractivity contribution in [3.8, 4) is 0 Å². The number of aryl methyl sites for hydroxylation is 4. The number of hydrogen-bond acceptors (Lipinski definition) is 2. The normalized spacial score (nSPS) is 18.3. The van der Waals surface area contributed by atoms with Gasteiger partial charge in [-0.3, -0.25) is 0 Å². The minimum Gasteiger partial charge on any atom is -0.349 e. The Kier molecular flexibility index (Phi) is 2.62. The van der Waals surface area contributed by atoms with Gasteiger partial charge in [0.15, 0.2) is 0 Å². The Bertz CT molecular complexity index is 583. The summed E-state index contributed by atoms with van der Waals surface area (Å²) >= 11 is 0. The third-order valence-corrected chi connectivity index (χ3v) is 3.79. The van der Waals surface area contributed by atoms with Crippen molar-refractivity contribution in [1.29, 1.82) is 0 Å². The molecule has 1 aliphatic heterocycles. The van der Waals surface area contributed by atoms with Crippen LogP contribution < -0.4 is 5.32 Å².